The number of ketones is 2. The van der Waals surface area contributed by atoms with Crippen LogP contribution < -0.4 is 0 Å². The molecule has 92 heavy (non-hydrogen) atoms. The van der Waals surface area contributed by atoms with Crippen LogP contribution in [0.2, 0.25) is 0 Å². The standard InChI is InChI=1S/2C20H14N4.C14H8O2.2C10H8N2.2Cr.2Ru/c2*1-3-13-21-15(7-1)17-9-5-11-19(23-17)20-12-6-10-18(24-20)16-8-2-4-14-22-16;15-13-9-5-1-2-6-10(9)14(16)12-8-4-3-7-11(12)13;2*1-3-7-11-9(5-1)10-6-2-4-8-12-10;;;;/h2*1-14H;1-8H;2*1-8H;;;;. The Morgan fingerprint density at radius 3 is 0.446 bits per heavy atom. The summed E-state index contributed by atoms with van der Waals surface area (Å²) in [4.78, 5) is 77.2. The summed E-state index contributed by atoms with van der Waals surface area (Å²) in [6.07, 6.45) is 14.1. The maximum Gasteiger partial charge on any atom is 0.194 e. The number of benzene rings is 2. The van der Waals surface area contributed by atoms with Gasteiger partial charge in [-0.25, -0.2) is 19.9 Å². The van der Waals surface area contributed by atoms with Crippen molar-refractivity contribution in [1.29, 1.82) is 0 Å². The molecule has 1 aliphatic rings. The zero-order chi connectivity index (χ0) is 60.0. The molecule has 0 N–H and O–H groups in total. The predicted molar refractivity (Wildman–Crippen MR) is 343 cm³/mol. The molecule has 0 aliphatic heterocycles. The van der Waals surface area contributed by atoms with E-state index in [1.165, 1.54) is 0 Å². The van der Waals surface area contributed by atoms with Crippen LogP contribution in [0.15, 0.2) is 316 Å². The first kappa shape index (κ1) is 69.4. The smallest absolute Gasteiger partial charge is 0.194 e. The van der Waals surface area contributed by atoms with Gasteiger partial charge in [-0.3, -0.25) is 49.5 Å². The van der Waals surface area contributed by atoms with Gasteiger partial charge in [0.2, 0.25) is 0 Å². The number of fused-ring (bicyclic) bond motifs is 2. The summed E-state index contributed by atoms with van der Waals surface area (Å²) in [5.74, 6) is -0.128. The van der Waals surface area contributed by atoms with Gasteiger partial charge < -0.3 is 0 Å². The van der Waals surface area contributed by atoms with E-state index in [2.05, 4.69) is 39.9 Å². The largest absolute Gasteiger partial charge is 0.289 e. The summed E-state index contributed by atoms with van der Waals surface area (Å²) in [6, 6.07) is 83.8. The van der Waals surface area contributed by atoms with Crippen LogP contribution in [-0.2, 0) is 73.7 Å². The molecule has 14 aromatic rings. The maximum absolute atomic E-state index is 12.1. The molecular weight excluding hydrogens is 1400 g/mol. The van der Waals surface area contributed by atoms with Gasteiger partial charge in [0.15, 0.2) is 11.6 Å². The zero-order valence-corrected chi connectivity index (χ0v) is 54.8. The second-order valence-electron chi connectivity index (χ2n) is 19.1. The number of rotatable bonds is 8. The first-order valence-electron chi connectivity index (χ1n) is 28.0. The average Bonchev–Trinajstić information content (AvgIpc) is 1.04. The third kappa shape index (κ3) is 18.5. The van der Waals surface area contributed by atoms with E-state index in [4.69, 9.17) is 19.9 Å². The second-order valence-corrected chi connectivity index (χ2v) is 19.1. The summed E-state index contributed by atoms with van der Waals surface area (Å²) < 4.78 is 0. The van der Waals surface area contributed by atoms with Gasteiger partial charge in [0.1, 0.15) is 0 Å². The summed E-state index contributed by atoms with van der Waals surface area (Å²) in [5, 5.41) is 0. The molecule has 2 aromatic carbocycles. The molecule has 14 nitrogen and oxygen atoms in total. The van der Waals surface area contributed by atoms with Gasteiger partial charge in [-0.15, -0.1) is 0 Å². The van der Waals surface area contributed by atoms with Crippen molar-refractivity contribution in [2.75, 3.05) is 0 Å². The topological polar surface area (TPSA) is 189 Å². The number of aromatic nitrogens is 12. The van der Waals surface area contributed by atoms with Crippen molar-refractivity contribution < 1.29 is 83.3 Å². The van der Waals surface area contributed by atoms with E-state index in [-0.39, 0.29) is 85.2 Å². The van der Waals surface area contributed by atoms with Gasteiger partial charge in [0.05, 0.1) is 91.1 Å². The molecule has 1 aliphatic carbocycles. The molecule has 0 amide bonds. The monoisotopic (exact) mass is 1450 g/mol. The molecule has 0 saturated carbocycles. The van der Waals surface area contributed by atoms with Crippen molar-refractivity contribution in [3.63, 3.8) is 0 Å². The predicted octanol–water partition coefficient (Wildman–Crippen LogP) is 15.3. The minimum absolute atomic E-state index is 0. The van der Waals surface area contributed by atoms with E-state index in [1.54, 1.807) is 98.1 Å². The molecule has 0 bridgehead atoms. The average molecular weight is 1450 g/mol. The van der Waals surface area contributed by atoms with Crippen LogP contribution in [0.4, 0.5) is 0 Å². The van der Waals surface area contributed by atoms with E-state index < -0.39 is 0 Å². The summed E-state index contributed by atoms with van der Waals surface area (Å²) in [6.45, 7) is 0. The van der Waals surface area contributed by atoms with Crippen molar-refractivity contribution in [2.45, 2.75) is 0 Å². The molecule has 12 heterocycles. The Labute approximate surface area is 579 Å². The van der Waals surface area contributed by atoms with E-state index in [0.29, 0.717) is 22.3 Å². The van der Waals surface area contributed by atoms with Gasteiger partial charge in [-0.1, -0.05) is 121 Å². The molecule has 0 spiro atoms. The van der Waals surface area contributed by atoms with E-state index in [0.717, 1.165) is 91.1 Å². The van der Waals surface area contributed by atoms with E-state index in [9.17, 15) is 9.59 Å². The van der Waals surface area contributed by atoms with Crippen molar-refractivity contribution in [1.82, 2.24) is 59.8 Å². The third-order valence-electron chi connectivity index (χ3n) is 13.2. The van der Waals surface area contributed by atoms with Gasteiger partial charge >= 0.3 is 0 Å². The molecule has 0 atom stereocenters. The molecule has 0 fully saturated rings. The molecule has 15 rings (SSSR count). The Bertz CT molecular complexity index is 3970. The fourth-order valence-electron chi connectivity index (χ4n) is 9.04. The van der Waals surface area contributed by atoms with Crippen LogP contribution in [0.3, 0.4) is 0 Å². The van der Waals surface area contributed by atoms with Crippen LogP contribution in [-0.4, -0.2) is 71.4 Å². The number of carbonyl (C=O) groups excluding carboxylic acids is 2. The number of nitrogens with zero attached hydrogens (tertiary/aromatic N) is 12. The van der Waals surface area contributed by atoms with Crippen LogP contribution in [0, 0.1) is 0 Å². The van der Waals surface area contributed by atoms with Crippen LogP contribution >= 0.6 is 0 Å². The number of hydrogen-bond donors (Lipinski definition) is 0. The second kappa shape index (κ2) is 35.9. The zero-order valence-electron chi connectivity index (χ0n) is 48.7. The Morgan fingerprint density at radius 2 is 0.293 bits per heavy atom. The molecule has 0 radical (unpaired) electrons. The Kier molecular flexibility index (Phi) is 27.1. The van der Waals surface area contributed by atoms with E-state index in [1.807, 2.05) is 218 Å². The minimum Gasteiger partial charge on any atom is -0.289 e. The summed E-state index contributed by atoms with van der Waals surface area (Å²) in [7, 11) is 0. The number of pyridine rings is 12. The first-order valence-corrected chi connectivity index (χ1v) is 28.0. The van der Waals surface area contributed by atoms with Crippen molar-refractivity contribution in [3.8, 4) is 91.1 Å². The van der Waals surface area contributed by atoms with Crippen LogP contribution in [0.5, 0.6) is 0 Å². The SMILES string of the molecule is O=C1c2ccccc2C(=O)c2ccccc21.[Cr].[Cr].[Ru].[Ru].c1ccc(-c2cccc(-c3cccc(-c4ccccn4)n3)n2)nc1.c1ccc(-c2cccc(-c3cccc(-c4ccccn4)n3)n2)nc1.c1ccc(-c2ccccn2)nc1.c1ccc(-c2ccccn2)nc1. The van der Waals surface area contributed by atoms with Crippen molar-refractivity contribution in [3.05, 3.63) is 339 Å². The Balaban J connectivity index is 0.000000166. The number of hydrogen-bond acceptors (Lipinski definition) is 14. The van der Waals surface area contributed by atoms with Crippen LogP contribution in [0.1, 0.15) is 31.8 Å². The first-order chi connectivity index (χ1) is 43.5. The Morgan fingerprint density at radius 1 is 0.163 bits per heavy atom. The van der Waals surface area contributed by atoms with Crippen molar-refractivity contribution >= 4 is 11.6 Å². The van der Waals surface area contributed by atoms with Crippen molar-refractivity contribution in [2.24, 2.45) is 0 Å². The third-order valence-corrected chi connectivity index (χ3v) is 13.2. The van der Waals surface area contributed by atoms with Gasteiger partial charge in [0, 0.05) is 146 Å². The molecular formula is C74H52Cr2N12O2Ru2. The summed E-state index contributed by atoms with van der Waals surface area (Å²) >= 11 is 0. The normalized spacial score (nSPS) is 10.3. The van der Waals surface area contributed by atoms with Gasteiger partial charge in [-0.2, -0.15) is 0 Å². The fourth-order valence-corrected chi connectivity index (χ4v) is 9.04. The van der Waals surface area contributed by atoms with Gasteiger partial charge in [0.25, 0.3) is 0 Å². The fraction of sp³-hybridized carbons (Fsp3) is 0. The summed E-state index contributed by atoms with van der Waals surface area (Å²) in [5.41, 5.74) is 15.7. The quantitative estimate of drug-likeness (QED) is 0.131. The molecule has 448 valence electrons. The molecule has 0 unspecified atom stereocenters. The van der Waals surface area contributed by atoms with E-state index >= 15 is 0 Å². The number of carbonyl (C=O) groups is 2. The van der Waals surface area contributed by atoms with Crippen LogP contribution in [0.25, 0.3) is 91.1 Å². The minimum atomic E-state index is -0.0641. The molecule has 0 saturated heterocycles. The van der Waals surface area contributed by atoms with Gasteiger partial charge in [-0.05, 0) is 146 Å². The Hall–Kier alpha value is -10.1. The molecule has 18 heteroatoms. The molecule has 12 aromatic heterocycles. The maximum atomic E-state index is 12.1.